The summed E-state index contributed by atoms with van der Waals surface area (Å²) in [5.74, 6) is -1.20. The third-order valence-corrected chi connectivity index (χ3v) is 1.56. The van der Waals surface area contributed by atoms with Gasteiger partial charge in [-0.3, -0.25) is 0 Å². The number of anilines is 1. The lowest BCUT2D eigenvalue weighted by Crippen LogP contribution is -1.96. The third kappa shape index (κ3) is 1.44. The molecule has 0 radical (unpaired) electrons. The van der Waals surface area contributed by atoms with Crippen LogP contribution in [0.3, 0.4) is 0 Å². The molecule has 12 heavy (non-hydrogen) atoms. The van der Waals surface area contributed by atoms with E-state index >= 15 is 0 Å². The fourth-order valence-corrected chi connectivity index (χ4v) is 1.02. The Bertz CT molecular complexity index is 308. The summed E-state index contributed by atoms with van der Waals surface area (Å²) in [6.07, 6.45) is 1.40. The van der Waals surface area contributed by atoms with Crippen LogP contribution in [0, 0.1) is 11.6 Å². The molecular formula is C9H9F2N. The summed E-state index contributed by atoms with van der Waals surface area (Å²) < 4.78 is 25.6. The summed E-state index contributed by atoms with van der Waals surface area (Å²) in [5, 5.41) is 2.63. The Morgan fingerprint density at radius 3 is 2.58 bits per heavy atom. The van der Waals surface area contributed by atoms with E-state index in [4.69, 9.17) is 0 Å². The first kappa shape index (κ1) is 8.71. The van der Waals surface area contributed by atoms with Gasteiger partial charge in [-0.15, -0.1) is 0 Å². The van der Waals surface area contributed by atoms with Crippen LogP contribution in [-0.2, 0) is 0 Å². The zero-order valence-electron chi connectivity index (χ0n) is 6.70. The van der Waals surface area contributed by atoms with Crippen LogP contribution < -0.4 is 5.32 Å². The highest BCUT2D eigenvalue weighted by Gasteiger charge is 2.06. The van der Waals surface area contributed by atoms with Gasteiger partial charge in [0.2, 0.25) is 0 Å². The van der Waals surface area contributed by atoms with Crippen molar-refractivity contribution >= 4 is 11.8 Å². The van der Waals surface area contributed by atoms with Gasteiger partial charge in [0.25, 0.3) is 0 Å². The summed E-state index contributed by atoms with van der Waals surface area (Å²) >= 11 is 0. The van der Waals surface area contributed by atoms with Crippen molar-refractivity contribution in [1.29, 1.82) is 0 Å². The van der Waals surface area contributed by atoms with Crippen molar-refractivity contribution in [1.82, 2.24) is 0 Å². The van der Waals surface area contributed by atoms with Crippen molar-refractivity contribution in [3.63, 3.8) is 0 Å². The third-order valence-electron chi connectivity index (χ3n) is 1.56. The van der Waals surface area contributed by atoms with Crippen molar-refractivity contribution in [2.75, 3.05) is 12.4 Å². The number of nitrogens with one attached hydrogen (secondary N) is 1. The van der Waals surface area contributed by atoms with Gasteiger partial charge >= 0.3 is 0 Å². The molecule has 0 bridgehead atoms. The standard InChI is InChI=1S/C9H9F2N/c1-3-6-4-7(10)5-8(11)9(6)12-2/h3-5,12H,1H2,2H3. The van der Waals surface area contributed by atoms with E-state index < -0.39 is 11.6 Å². The maximum atomic E-state index is 12.9. The number of benzene rings is 1. The first-order valence-corrected chi connectivity index (χ1v) is 3.48. The molecule has 1 aromatic carbocycles. The lowest BCUT2D eigenvalue weighted by atomic mass is 10.1. The van der Waals surface area contributed by atoms with E-state index in [1.807, 2.05) is 0 Å². The molecule has 0 fully saturated rings. The molecule has 3 heteroatoms. The fourth-order valence-electron chi connectivity index (χ4n) is 1.02. The number of halogens is 2. The summed E-state index contributed by atoms with van der Waals surface area (Å²) in [5.41, 5.74) is 0.696. The molecule has 1 aromatic rings. The zero-order valence-corrected chi connectivity index (χ0v) is 6.70. The molecule has 0 atom stereocenters. The van der Waals surface area contributed by atoms with E-state index in [1.54, 1.807) is 7.05 Å². The summed E-state index contributed by atoms with van der Waals surface area (Å²) in [6, 6.07) is 2.06. The molecule has 0 aliphatic carbocycles. The maximum absolute atomic E-state index is 12.9. The number of hydrogen-bond acceptors (Lipinski definition) is 1. The van der Waals surface area contributed by atoms with Crippen molar-refractivity contribution in [3.05, 3.63) is 35.9 Å². The van der Waals surface area contributed by atoms with Crippen molar-refractivity contribution in [2.45, 2.75) is 0 Å². The molecule has 0 amide bonds. The van der Waals surface area contributed by atoms with Gasteiger partial charge in [0.05, 0.1) is 5.69 Å². The van der Waals surface area contributed by atoms with Crippen LogP contribution in [0.1, 0.15) is 5.56 Å². The second-order valence-electron chi connectivity index (χ2n) is 2.31. The Hall–Kier alpha value is -1.38. The monoisotopic (exact) mass is 169 g/mol. The Balaban J connectivity index is 3.33. The molecule has 0 unspecified atom stereocenters. The Morgan fingerprint density at radius 1 is 1.42 bits per heavy atom. The van der Waals surface area contributed by atoms with Gasteiger partial charge < -0.3 is 5.32 Å². The summed E-state index contributed by atoms with van der Waals surface area (Å²) in [4.78, 5) is 0. The summed E-state index contributed by atoms with van der Waals surface area (Å²) in [6.45, 7) is 3.45. The van der Waals surface area contributed by atoms with Gasteiger partial charge in [-0.05, 0) is 6.07 Å². The molecule has 0 heterocycles. The second kappa shape index (κ2) is 3.34. The molecule has 0 aromatic heterocycles. The molecule has 0 aliphatic rings. The first-order valence-electron chi connectivity index (χ1n) is 3.48. The highest BCUT2D eigenvalue weighted by Crippen LogP contribution is 2.21. The molecule has 0 saturated heterocycles. The minimum absolute atomic E-state index is 0.270. The van der Waals surface area contributed by atoms with E-state index in [0.29, 0.717) is 5.56 Å². The predicted octanol–water partition coefficient (Wildman–Crippen LogP) is 2.65. The average molecular weight is 169 g/mol. The second-order valence-corrected chi connectivity index (χ2v) is 2.31. The quantitative estimate of drug-likeness (QED) is 0.717. The average Bonchev–Trinajstić information content (AvgIpc) is 2.03. The number of hydrogen-bond donors (Lipinski definition) is 1. The Kier molecular flexibility index (Phi) is 2.43. The number of rotatable bonds is 2. The van der Waals surface area contributed by atoms with E-state index in [2.05, 4.69) is 11.9 Å². The van der Waals surface area contributed by atoms with Crippen LogP contribution in [0.4, 0.5) is 14.5 Å². The van der Waals surface area contributed by atoms with E-state index in [0.717, 1.165) is 6.07 Å². The van der Waals surface area contributed by atoms with Crippen molar-refractivity contribution in [3.8, 4) is 0 Å². The van der Waals surface area contributed by atoms with Crippen LogP contribution in [0.5, 0.6) is 0 Å². The minimum Gasteiger partial charge on any atom is -0.385 e. The molecule has 1 nitrogen and oxygen atoms in total. The van der Waals surface area contributed by atoms with Crippen molar-refractivity contribution < 1.29 is 8.78 Å². The van der Waals surface area contributed by atoms with Crippen LogP contribution in [-0.4, -0.2) is 7.05 Å². The summed E-state index contributed by atoms with van der Waals surface area (Å²) in [7, 11) is 1.57. The van der Waals surface area contributed by atoms with Gasteiger partial charge in [-0.25, -0.2) is 8.78 Å². The van der Waals surface area contributed by atoms with E-state index in [9.17, 15) is 8.78 Å². The topological polar surface area (TPSA) is 12.0 Å². The Morgan fingerprint density at radius 2 is 2.08 bits per heavy atom. The van der Waals surface area contributed by atoms with Gasteiger partial charge in [-0.1, -0.05) is 12.7 Å². The molecule has 0 aliphatic heterocycles. The van der Waals surface area contributed by atoms with Gasteiger partial charge in [0.1, 0.15) is 11.6 Å². The lowest BCUT2D eigenvalue weighted by Gasteiger charge is -2.06. The smallest absolute Gasteiger partial charge is 0.149 e. The predicted molar refractivity (Wildman–Crippen MR) is 46.0 cm³/mol. The van der Waals surface area contributed by atoms with Crippen molar-refractivity contribution in [2.24, 2.45) is 0 Å². The van der Waals surface area contributed by atoms with Gasteiger partial charge in [-0.2, -0.15) is 0 Å². The molecule has 1 N–H and O–H groups in total. The highest BCUT2D eigenvalue weighted by molar-refractivity contribution is 5.66. The molecule has 64 valence electrons. The van der Waals surface area contributed by atoms with E-state index in [1.165, 1.54) is 12.1 Å². The first-order chi connectivity index (χ1) is 5.69. The van der Waals surface area contributed by atoms with Gasteiger partial charge in [0.15, 0.2) is 0 Å². The largest absolute Gasteiger partial charge is 0.385 e. The molecular weight excluding hydrogens is 160 g/mol. The van der Waals surface area contributed by atoms with Gasteiger partial charge in [0, 0.05) is 18.7 Å². The SMILES string of the molecule is C=Cc1cc(F)cc(F)c1NC. The van der Waals surface area contributed by atoms with E-state index in [-0.39, 0.29) is 5.69 Å². The molecule has 0 spiro atoms. The van der Waals surface area contributed by atoms with Crippen LogP contribution in [0.25, 0.3) is 6.08 Å². The van der Waals surface area contributed by atoms with Crippen LogP contribution >= 0.6 is 0 Å². The van der Waals surface area contributed by atoms with Crippen LogP contribution in [0.15, 0.2) is 18.7 Å². The molecule has 1 rings (SSSR count). The zero-order chi connectivity index (χ0) is 9.14. The van der Waals surface area contributed by atoms with Crippen LogP contribution in [0.2, 0.25) is 0 Å². The fraction of sp³-hybridized carbons (Fsp3) is 0.111. The lowest BCUT2D eigenvalue weighted by molar-refractivity contribution is 0.585. The maximum Gasteiger partial charge on any atom is 0.149 e. The minimum atomic E-state index is -0.604. The Labute approximate surface area is 69.7 Å². The normalized spacial score (nSPS) is 9.58. The highest BCUT2D eigenvalue weighted by atomic mass is 19.1. The molecule has 0 saturated carbocycles.